The number of rotatable bonds is 22. The molecule has 0 spiro atoms. The van der Waals surface area contributed by atoms with Crippen LogP contribution in [-0.4, -0.2) is 27.4 Å². The zero-order valence-corrected chi connectivity index (χ0v) is 20.4. The van der Waals surface area contributed by atoms with Crippen LogP contribution in [-0.2, 0) is 9.47 Å². The second-order valence-electron chi connectivity index (χ2n) is 8.38. The zero-order valence-electron chi connectivity index (χ0n) is 20.4. The van der Waals surface area contributed by atoms with E-state index >= 15 is 0 Å². The van der Waals surface area contributed by atoms with Crippen LogP contribution in [0.5, 0.6) is 0 Å². The molecular weight excluding hydrogens is 344 g/mol. The van der Waals surface area contributed by atoms with Gasteiger partial charge in [0, 0.05) is 27.4 Å². The van der Waals surface area contributed by atoms with Crippen LogP contribution in [0.2, 0.25) is 0 Å². The van der Waals surface area contributed by atoms with E-state index in [4.69, 9.17) is 4.74 Å². The van der Waals surface area contributed by atoms with Gasteiger partial charge in [0.1, 0.15) is 0 Å². The van der Waals surface area contributed by atoms with Crippen LogP contribution in [0.15, 0.2) is 0 Å². The molecule has 0 aromatic heterocycles. The maximum absolute atomic E-state index is 5.78. The van der Waals surface area contributed by atoms with Gasteiger partial charge in [0.05, 0.1) is 0 Å². The van der Waals surface area contributed by atoms with Crippen LogP contribution < -0.4 is 0 Å². The van der Waals surface area contributed by atoms with E-state index in [2.05, 4.69) is 18.6 Å². The van der Waals surface area contributed by atoms with Gasteiger partial charge < -0.3 is 9.47 Å². The lowest BCUT2D eigenvalue weighted by atomic mass is 10.1. The van der Waals surface area contributed by atoms with Gasteiger partial charge in [-0.05, 0) is 12.8 Å². The molecule has 0 atom stereocenters. The molecule has 0 aliphatic heterocycles. The highest BCUT2D eigenvalue weighted by Crippen LogP contribution is 2.12. The average molecular weight is 401 g/mol. The van der Waals surface area contributed by atoms with Crippen molar-refractivity contribution in [2.75, 3.05) is 27.4 Å². The van der Waals surface area contributed by atoms with Crippen LogP contribution in [0.25, 0.3) is 0 Å². The van der Waals surface area contributed by atoms with Gasteiger partial charge in [0.2, 0.25) is 0 Å². The minimum atomic E-state index is 0.994. The van der Waals surface area contributed by atoms with Crippen LogP contribution >= 0.6 is 0 Å². The van der Waals surface area contributed by atoms with Crippen LogP contribution in [0.4, 0.5) is 0 Å². The molecule has 172 valence electrons. The summed E-state index contributed by atoms with van der Waals surface area (Å²) < 4.78 is 10.0. The molecule has 0 bridgehead atoms. The third kappa shape index (κ3) is 33.5. The Kier molecular flexibility index (Phi) is 34.0. The van der Waals surface area contributed by atoms with Crippen molar-refractivity contribution in [3.05, 3.63) is 0 Å². The van der Waals surface area contributed by atoms with E-state index in [-0.39, 0.29) is 0 Å². The Morgan fingerprint density at radius 2 is 0.571 bits per heavy atom. The largest absolute Gasteiger partial charge is 0.388 e. The fourth-order valence-electron chi connectivity index (χ4n) is 3.49. The van der Waals surface area contributed by atoms with Crippen molar-refractivity contribution in [2.24, 2.45) is 0 Å². The minimum absolute atomic E-state index is 0.994. The summed E-state index contributed by atoms with van der Waals surface area (Å²) in [6.45, 7) is 6.57. The highest BCUT2D eigenvalue weighted by Gasteiger charge is 1.95. The third-order valence-electron chi connectivity index (χ3n) is 5.28. The predicted octanol–water partition coefficient (Wildman–Crippen LogP) is 9.11. The Labute approximate surface area is 179 Å². The van der Waals surface area contributed by atoms with E-state index in [0.717, 1.165) is 13.2 Å². The Morgan fingerprint density at radius 3 is 0.821 bits per heavy atom. The maximum atomic E-state index is 5.78. The summed E-state index contributed by atoms with van der Waals surface area (Å²) in [5.74, 6) is 0. The molecule has 0 saturated heterocycles. The quantitative estimate of drug-likeness (QED) is 0.169. The molecule has 0 aliphatic carbocycles. The first kappa shape index (κ1) is 30.1. The molecule has 0 aliphatic rings. The van der Waals surface area contributed by atoms with Gasteiger partial charge in [-0.15, -0.1) is 0 Å². The lowest BCUT2D eigenvalue weighted by molar-refractivity contribution is 0.125. The van der Waals surface area contributed by atoms with E-state index in [0.29, 0.717) is 0 Å². The Balaban J connectivity index is 0. The molecule has 0 aromatic rings. The van der Waals surface area contributed by atoms with E-state index < -0.39 is 0 Å². The van der Waals surface area contributed by atoms with Crippen molar-refractivity contribution in [3.8, 4) is 0 Å². The van der Waals surface area contributed by atoms with Crippen molar-refractivity contribution < 1.29 is 9.47 Å². The molecule has 0 rings (SSSR count). The first-order valence-electron chi connectivity index (χ1n) is 12.8. The van der Waals surface area contributed by atoms with Gasteiger partial charge in [0.15, 0.2) is 0 Å². The van der Waals surface area contributed by atoms with Crippen LogP contribution in [0.3, 0.4) is 0 Å². The molecule has 2 nitrogen and oxygen atoms in total. The Bertz CT molecular complexity index is 208. The number of hydrogen-bond donors (Lipinski definition) is 0. The Morgan fingerprint density at radius 1 is 0.357 bits per heavy atom. The lowest BCUT2D eigenvalue weighted by Crippen LogP contribution is -1.97. The van der Waals surface area contributed by atoms with E-state index in [1.54, 1.807) is 14.2 Å². The lowest BCUT2D eigenvalue weighted by Gasteiger charge is -2.05. The molecule has 0 heterocycles. The van der Waals surface area contributed by atoms with Gasteiger partial charge in [-0.2, -0.15) is 0 Å². The summed E-state index contributed by atoms with van der Waals surface area (Å²) >= 11 is 0. The summed E-state index contributed by atoms with van der Waals surface area (Å²) in [7, 11) is 3.25. The fraction of sp³-hybridized carbons (Fsp3) is 1.00. The Hall–Kier alpha value is -0.0800. The van der Waals surface area contributed by atoms with E-state index in [1.165, 1.54) is 128 Å². The molecule has 0 fully saturated rings. The summed E-state index contributed by atoms with van der Waals surface area (Å²) in [4.78, 5) is 0. The summed E-state index contributed by atoms with van der Waals surface area (Å²) in [5, 5.41) is 0. The van der Waals surface area contributed by atoms with Crippen molar-refractivity contribution in [3.63, 3.8) is 0 Å². The molecule has 2 heteroatoms. The molecule has 0 unspecified atom stereocenters. The van der Waals surface area contributed by atoms with E-state index in [9.17, 15) is 0 Å². The molecule has 0 amide bonds. The number of unbranched alkanes of at least 4 members (excludes halogenated alkanes) is 18. The van der Waals surface area contributed by atoms with Gasteiger partial charge in [-0.25, -0.2) is 0 Å². The molecule has 0 aromatic carbocycles. The first-order chi connectivity index (χ1) is 13.8. The summed E-state index contributed by atoms with van der Waals surface area (Å²) in [5.41, 5.74) is 0. The second-order valence-corrected chi connectivity index (χ2v) is 8.38. The highest BCUT2D eigenvalue weighted by molar-refractivity contribution is 4.49. The predicted molar refractivity (Wildman–Crippen MR) is 127 cm³/mol. The summed E-state index contributed by atoms with van der Waals surface area (Å²) in [6, 6.07) is 0. The second kappa shape index (κ2) is 31.6. The number of methoxy groups -OCH3 is 1. The molecule has 28 heavy (non-hydrogen) atoms. The van der Waals surface area contributed by atoms with Gasteiger partial charge in [0.25, 0.3) is 0 Å². The van der Waals surface area contributed by atoms with Crippen LogP contribution in [0.1, 0.15) is 142 Å². The molecular formula is C26H56O2. The number of ether oxygens (including phenoxy) is 2. The third-order valence-corrected chi connectivity index (χ3v) is 5.28. The van der Waals surface area contributed by atoms with E-state index in [1.807, 2.05) is 0 Å². The molecule has 0 saturated carbocycles. The zero-order chi connectivity index (χ0) is 21.0. The fourth-order valence-corrected chi connectivity index (χ4v) is 3.49. The van der Waals surface area contributed by atoms with Gasteiger partial charge >= 0.3 is 0 Å². The average Bonchev–Trinajstić information content (AvgIpc) is 2.70. The van der Waals surface area contributed by atoms with Crippen molar-refractivity contribution in [1.29, 1.82) is 0 Å². The van der Waals surface area contributed by atoms with Crippen molar-refractivity contribution in [2.45, 2.75) is 142 Å². The first-order valence-corrected chi connectivity index (χ1v) is 12.8. The SMILES string of the molecule is CCCCCCCCCCCCOCCCCCCCCCCCC.COC. The van der Waals surface area contributed by atoms with Gasteiger partial charge in [-0.3, -0.25) is 0 Å². The number of hydrogen-bond acceptors (Lipinski definition) is 2. The van der Waals surface area contributed by atoms with Crippen molar-refractivity contribution >= 4 is 0 Å². The van der Waals surface area contributed by atoms with Crippen LogP contribution in [0, 0.1) is 0 Å². The normalized spacial score (nSPS) is 10.7. The topological polar surface area (TPSA) is 18.5 Å². The smallest absolute Gasteiger partial charge is 0.0466 e. The maximum Gasteiger partial charge on any atom is 0.0466 e. The molecule has 0 radical (unpaired) electrons. The standard InChI is InChI=1S/C24H50O.C2H6O/c1-3-5-7-9-11-13-15-17-19-21-23-25-24-22-20-18-16-14-12-10-8-6-4-2;1-3-2/h3-24H2,1-2H3;1-2H3. The summed E-state index contributed by atoms with van der Waals surface area (Å²) in [6.07, 6.45) is 28.2. The monoisotopic (exact) mass is 400 g/mol. The molecule has 0 N–H and O–H groups in total. The van der Waals surface area contributed by atoms with Gasteiger partial charge in [-0.1, -0.05) is 129 Å². The van der Waals surface area contributed by atoms with Crippen molar-refractivity contribution in [1.82, 2.24) is 0 Å². The highest BCUT2D eigenvalue weighted by atomic mass is 16.5. The minimum Gasteiger partial charge on any atom is -0.388 e.